The molecule has 7 nitrogen and oxygen atoms in total. The average Bonchev–Trinajstić information content (AvgIpc) is 3.02. The van der Waals surface area contributed by atoms with Crippen LogP contribution in [0, 0.1) is 11.7 Å². The van der Waals surface area contributed by atoms with E-state index in [9.17, 15) is 14.0 Å². The van der Waals surface area contributed by atoms with Crippen molar-refractivity contribution in [3.8, 4) is 0 Å². The van der Waals surface area contributed by atoms with E-state index in [-0.39, 0.29) is 17.4 Å². The number of amides is 2. The Balaban J connectivity index is 1.78. The van der Waals surface area contributed by atoms with Gasteiger partial charge in [0.1, 0.15) is 11.9 Å². The summed E-state index contributed by atoms with van der Waals surface area (Å²) in [7, 11) is 0. The first-order valence-electron chi connectivity index (χ1n) is 8.13. The highest BCUT2D eigenvalue weighted by atomic mass is 19.1. The summed E-state index contributed by atoms with van der Waals surface area (Å²) in [5.41, 5.74) is 0.471. The van der Waals surface area contributed by atoms with Crippen LogP contribution in [-0.4, -0.2) is 32.5 Å². The molecule has 2 amide bonds. The minimum absolute atomic E-state index is 0.112. The molecule has 0 aliphatic rings. The largest absolute Gasteiger partial charge is 0.340 e. The molecule has 0 fully saturated rings. The molecule has 8 heteroatoms. The molecule has 0 saturated carbocycles. The van der Waals surface area contributed by atoms with E-state index < -0.39 is 23.7 Å². The number of pyridine rings is 1. The van der Waals surface area contributed by atoms with Crippen molar-refractivity contribution in [1.82, 2.24) is 19.9 Å². The van der Waals surface area contributed by atoms with Gasteiger partial charge in [0, 0.05) is 6.20 Å². The third kappa shape index (κ3) is 3.53. The lowest BCUT2D eigenvalue weighted by molar-refractivity contribution is -0.118. The fourth-order valence-electron chi connectivity index (χ4n) is 2.51. The number of hydrogen-bond donors (Lipinski definition) is 2. The number of carbonyl (C=O) groups is 2. The maximum Gasteiger partial charge on any atom is 0.254 e. The first-order chi connectivity index (χ1) is 12.5. The zero-order valence-corrected chi connectivity index (χ0v) is 14.3. The fourth-order valence-corrected chi connectivity index (χ4v) is 2.51. The summed E-state index contributed by atoms with van der Waals surface area (Å²) in [4.78, 5) is 25.0. The van der Waals surface area contributed by atoms with Gasteiger partial charge in [-0.1, -0.05) is 32.0 Å². The average molecular weight is 355 g/mol. The van der Waals surface area contributed by atoms with Crippen molar-refractivity contribution in [2.24, 2.45) is 5.92 Å². The minimum atomic E-state index is -0.863. The Kier molecular flexibility index (Phi) is 4.92. The van der Waals surface area contributed by atoms with Crippen LogP contribution in [0.3, 0.4) is 0 Å². The van der Waals surface area contributed by atoms with Crippen molar-refractivity contribution < 1.29 is 14.0 Å². The molecule has 3 aromatic rings. The molecule has 0 spiro atoms. The van der Waals surface area contributed by atoms with Gasteiger partial charge in [0.25, 0.3) is 5.91 Å². The van der Waals surface area contributed by atoms with Crippen molar-refractivity contribution >= 4 is 23.4 Å². The van der Waals surface area contributed by atoms with Crippen molar-refractivity contribution in [2.45, 2.75) is 19.9 Å². The zero-order valence-electron chi connectivity index (χ0n) is 14.3. The van der Waals surface area contributed by atoms with Gasteiger partial charge in [-0.25, -0.2) is 4.39 Å². The van der Waals surface area contributed by atoms with E-state index in [1.54, 1.807) is 48.7 Å². The van der Waals surface area contributed by atoms with Crippen LogP contribution in [0.25, 0.3) is 5.65 Å². The Labute approximate surface area is 149 Å². The highest BCUT2D eigenvalue weighted by molar-refractivity contribution is 6.00. The van der Waals surface area contributed by atoms with Gasteiger partial charge in [0.05, 0.1) is 5.56 Å². The zero-order chi connectivity index (χ0) is 18.7. The molecule has 134 valence electrons. The summed E-state index contributed by atoms with van der Waals surface area (Å²) in [5, 5.41) is 13.1. The molecule has 1 unspecified atom stereocenters. The number of rotatable bonds is 5. The number of carbonyl (C=O) groups excluding carboxylic acids is 2. The monoisotopic (exact) mass is 355 g/mol. The van der Waals surface area contributed by atoms with Gasteiger partial charge in [-0.3, -0.25) is 19.3 Å². The van der Waals surface area contributed by atoms with Crippen molar-refractivity contribution in [1.29, 1.82) is 0 Å². The molecule has 0 bridgehead atoms. The van der Waals surface area contributed by atoms with Crippen LogP contribution in [-0.2, 0) is 4.79 Å². The SMILES string of the molecule is CC(C)C(NC(=O)c1ccccc1F)C(=O)Nc1nnc2ccccn12. The summed E-state index contributed by atoms with van der Waals surface area (Å²) in [5.74, 6) is -1.72. The second kappa shape index (κ2) is 7.30. The lowest BCUT2D eigenvalue weighted by atomic mass is 10.0. The molecule has 0 radical (unpaired) electrons. The Bertz CT molecular complexity index is 953. The van der Waals surface area contributed by atoms with Gasteiger partial charge in [0.2, 0.25) is 11.9 Å². The normalized spacial score (nSPS) is 12.2. The maximum atomic E-state index is 13.8. The molecule has 2 heterocycles. The number of nitrogens with one attached hydrogen (secondary N) is 2. The van der Waals surface area contributed by atoms with E-state index in [1.165, 1.54) is 18.2 Å². The van der Waals surface area contributed by atoms with Crippen molar-refractivity contribution in [3.05, 3.63) is 60.0 Å². The van der Waals surface area contributed by atoms with Crippen LogP contribution in [0.15, 0.2) is 48.7 Å². The summed E-state index contributed by atoms with van der Waals surface area (Å²) in [6.45, 7) is 3.57. The van der Waals surface area contributed by atoms with E-state index in [1.807, 2.05) is 0 Å². The third-order valence-electron chi connectivity index (χ3n) is 3.90. The lowest BCUT2D eigenvalue weighted by Crippen LogP contribution is -2.47. The highest BCUT2D eigenvalue weighted by Crippen LogP contribution is 2.12. The van der Waals surface area contributed by atoms with Crippen LogP contribution in [0.2, 0.25) is 0 Å². The first-order valence-corrected chi connectivity index (χ1v) is 8.13. The van der Waals surface area contributed by atoms with Gasteiger partial charge in [-0.05, 0) is 30.2 Å². The molecular formula is C18H18FN5O2. The van der Waals surface area contributed by atoms with Gasteiger partial charge in [0.15, 0.2) is 5.65 Å². The number of aromatic nitrogens is 3. The Morgan fingerprint density at radius 3 is 2.54 bits per heavy atom. The van der Waals surface area contributed by atoms with Gasteiger partial charge in [-0.15, -0.1) is 10.2 Å². The standard InChI is InChI=1S/C18H18FN5O2/c1-11(2)15(20-16(25)12-7-3-4-8-13(12)19)17(26)21-18-23-22-14-9-5-6-10-24(14)18/h3-11,15H,1-2H3,(H,20,25)(H,21,23,26). The van der Waals surface area contributed by atoms with Crippen LogP contribution in [0.4, 0.5) is 10.3 Å². The molecule has 3 rings (SSSR count). The van der Waals surface area contributed by atoms with E-state index in [0.717, 1.165) is 0 Å². The maximum absolute atomic E-state index is 13.8. The number of halogens is 1. The second-order valence-corrected chi connectivity index (χ2v) is 6.12. The third-order valence-corrected chi connectivity index (χ3v) is 3.90. The van der Waals surface area contributed by atoms with E-state index in [0.29, 0.717) is 5.65 Å². The second-order valence-electron chi connectivity index (χ2n) is 6.12. The van der Waals surface area contributed by atoms with Gasteiger partial charge in [-0.2, -0.15) is 0 Å². The predicted octanol–water partition coefficient (Wildman–Crippen LogP) is 2.26. The van der Waals surface area contributed by atoms with Crippen molar-refractivity contribution in [2.75, 3.05) is 5.32 Å². The molecule has 2 aromatic heterocycles. The number of fused-ring (bicyclic) bond motifs is 1. The van der Waals surface area contributed by atoms with Crippen LogP contribution in [0.1, 0.15) is 24.2 Å². The van der Waals surface area contributed by atoms with Crippen LogP contribution in [0.5, 0.6) is 0 Å². The first kappa shape index (κ1) is 17.5. The molecule has 0 aliphatic carbocycles. The number of nitrogens with zero attached hydrogens (tertiary/aromatic N) is 3. The lowest BCUT2D eigenvalue weighted by Gasteiger charge is -2.21. The number of anilines is 1. The van der Waals surface area contributed by atoms with E-state index in [4.69, 9.17) is 0 Å². The smallest absolute Gasteiger partial charge is 0.254 e. The molecule has 0 aliphatic heterocycles. The fraction of sp³-hybridized carbons (Fsp3) is 0.222. The topological polar surface area (TPSA) is 88.4 Å². The van der Waals surface area contributed by atoms with Gasteiger partial charge < -0.3 is 5.32 Å². The number of benzene rings is 1. The number of hydrogen-bond acceptors (Lipinski definition) is 4. The molecule has 1 atom stereocenters. The van der Waals surface area contributed by atoms with Crippen LogP contribution >= 0.6 is 0 Å². The minimum Gasteiger partial charge on any atom is -0.340 e. The van der Waals surface area contributed by atoms with Gasteiger partial charge >= 0.3 is 0 Å². The van der Waals surface area contributed by atoms with Crippen LogP contribution < -0.4 is 10.6 Å². The molecule has 26 heavy (non-hydrogen) atoms. The summed E-state index contributed by atoms with van der Waals surface area (Å²) < 4.78 is 15.4. The Morgan fingerprint density at radius 2 is 1.81 bits per heavy atom. The Hall–Kier alpha value is -3.29. The summed E-state index contributed by atoms with van der Waals surface area (Å²) in [6, 6.07) is 10.1. The summed E-state index contributed by atoms with van der Waals surface area (Å²) >= 11 is 0. The Morgan fingerprint density at radius 1 is 1.08 bits per heavy atom. The molecular weight excluding hydrogens is 337 g/mol. The quantitative estimate of drug-likeness (QED) is 0.735. The summed E-state index contributed by atoms with van der Waals surface area (Å²) in [6.07, 6.45) is 1.72. The molecule has 1 aromatic carbocycles. The molecule has 0 saturated heterocycles. The van der Waals surface area contributed by atoms with E-state index >= 15 is 0 Å². The van der Waals surface area contributed by atoms with E-state index in [2.05, 4.69) is 20.8 Å². The van der Waals surface area contributed by atoms with Crippen molar-refractivity contribution in [3.63, 3.8) is 0 Å². The predicted molar refractivity (Wildman–Crippen MR) is 94.1 cm³/mol. The molecule has 2 N–H and O–H groups in total. The highest BCUT2D eigenvalue weighted by Gasteiger charge is 2.26.